The van der Waals surface area contributed by atoms with Crippen molar-refractivity contribution < 1.29 is 19.2 Å². The zero-order valence-electron chi connectivity index (χ0n) is 15.9. The number of thiocarbonyl (C=S) groups is 1. The number of nitro groups is 1. The number of carbonyl (C=O) groups excluding carboxylic acids is 2. The Morgan fingerprint density at radius 3 is 2.63 bits per heavy atom. The molecule has 2 aromatic carbocycles. The summed E-state index contributed by atoms with van der Waals surface area (Å²) in [6.45, 7) is 2.07. The summed E-state index contributed by atoms with van der Waals surface area (Å²) >= 11 is 6.46. The fourth-order valence-electron chi connectivity index (χ4n) is 2.67. The van der Waals surface area contributed by atoms with Crippen LogP contribution in [-0.4, -0.2) is 39.3 Å². The van der Waals surface area contributed by atoms with E-state index in [9.17, 15) is 19.7 Å². The summed E-state index contributed by atoms with van der Waals surface area (Å²) in [5.74, 6) is -0.742. The van der Waals surface area contributed by atoms with E-state index in [0.29, 0.717) is 26.0 Å². The van der Waals surface area contributed by atoms with E-state index in [1.165, 1.54) is 17.0 Å². The van der Waals surface area contributed by atoms with Gasteiger partial charge in [0, 0.05) is 12.1 Å². The van der Waals surface area contributed by atoms with E-state index in [1.807, 2.05) is 0 Å². The van der Waals surface area contributed by atoms with Crippen molar-refractivity contribution in [2.24, 2.45) is 0 Å². The van der Waals surface area contributed by atoms with Gasteiger partial charge in [-0.2, -0.15) is 0 Å². The van der Waals surface area contributed by atoms with Gasteiger partial charge in [-0.15, -0.1) is 0 Å². The Labute approximate surface area is 182 Å². The van der Waals surface area contributed by atoms with E-state index in [4.69, 9.17) is 17.0 Å². The van der Waals surface area contributed by atoms with Gasteiger partial charge in [0.15, 0.2) is 0 Å². The molecule has 1 amide bonds. The SMILES string of the molecule is CCOC(=O)c1ccccc1NCN1C(=O)/C(=C/c2ccc([N+](=O)[O-])cc2)SC1=S. The van der Waals surface area contributed by atoms with E-state index in [2.05, 4.69) is 5.32 Å². The van der Waals surface area contributed by atoms with Gasteiger partial charge in [-0.3, -0.25) is 19.8 Å². The molecule has 0 aliphatic carbocycles. The fourth-order valence-corrected chi connectivity index (χ4v) is 3.92. The molecule has 30 heavy (non-hydrogen) atoms. The van der Waals surface area contributed by atoms with Gasteiger partial charge >= 0.3 is 5.97 Å². The first-order valence-electron chi connectivity index (χ1n) is 8.90. The second kappa shape index (κ2) is 9.51. The van der Waals surface area contributed by atoms with Gasteiger partial charge in [-0.1, -0.05) is 36.1 Å². The van der Waals surface area contributed by atoms with Gasteiger partial charge in [0.2, 0.25) is 0 Å². The average Bonchev–Trinajstić information content (AvgIpc) is 3.00. The lowest BCUT2D eigenvalue weighted by Crippen LogP contribution is -2.33. The van der Waals surface area contributed by atoms with Crippen LogP contribution in [0.3, 0.4) is 0 Å². The molecule has 154 valence electrons. The van der Waals surface area contributed by atoms with E-state index < -0.39 is 10.9 Å². The van der Waals surface area contributed by atoms with Gasteiger partial charge in [0.05, 0.1) is 34.4 Å². The Balaban J connectivity index is 1.72. The third-order valence-corrected chi connectivity index (χ3v) is 5.50. The van der Waals surface area contributed by atoms with Crippen molar-refractivity contribution in [1.29, 1.82) is 0 Å². The number of esters is 1. The summed E-state index contributed by atoms with van der Waals surface area (Å²) in [6, 6.07) is 12.7. The van der Waals surface area contributed by atoms with Crippen LogP contribution in [-0.2, 0) is 9.53 Å². The largest absolute Gasteiger partial charge is 0.462 e. The van der Waals surface area contributed by atoms with Crippen LogP contribution in [0.1, 0.15) is 22.8 Å². The topological polar surface area (TPSA) is 102 Å². The van der Waals surface area contributed by atoms with E-state index >= 15 is 0 Å². The molecule has 1 N–H and O–H groups in total. The molecule has 0 bridgehead atoms. The fraction of sp³-hybridized carbons (Fsp3) is 0.150. The number of nitrogens with one attached hydrogen (secondary N) is 1. The van der Waals surface area contributed by atoms with Crippen LogP contribution in [0.15, 0.2) is 53.4 Å². The molecule has 1 aliphatic heterocycles. The second-order valence-corrected chi connectivity index (χ2v) is 7.74. The summed E-state index contributed by atoms with van der Waals surface area (Å²) < 4.78 is 5.42. The monoisotopic (exact) mass is 443 g/mol. The zero-order chi connectivity index (χ0) is 21.7. The summed E-state index contributed by atoms with van der Waals surface area (Å²) in [5.41, 5.74) is 1.53. The number of benzene rings is 2. The smallest absolute Gasteiger partial charge is 0.340 e. The molecule has 1 saturated heterocycles. The van der Waals surface area contributed by atoms with Crippen molar-refractivity contribution in [1.82, 2.24) is 4.90 Å². The number of anilines is 1. The predicted octanol–water partition coefficient (Wildman–Crippen LogP) is 4.04. The van der Waals surface area contributed by atoms with Crippen LogP contribution in [0.2, 0.25) is 0 Å². The number of nitro benzene ring substituents is 1. The van der Waals surface area contributed by atoms with E-state index in [1.54, 1.807) is 49.4 Å². The summed E-state index contributed by atoms with van der Waals surface area (Å²) in [6.07, 6.45) is 1.63. The minimum Gasteiger partial charge on any atom is -0.462 e. The molecule has 0 aromatic heterocycles. The highest BCUT2D eigenvalue weighted by Gasteiger charge is 2.32. The molecule has 1 aliphatic rings. The number of hydrogen-bond acceptors (Lipinski definition) is 8. The van der Waals surface area contributed by atoms with Crippen molar-refractivity contribution >= 4 is 57.6 Å². The Hall–Kier alpha value is -3.24. The van der Waals surface area contributed by atoms with Crippen molar-refractivity contribution in [3.63, 3.8) is 0 Å². The van der Waals surface area contributed by atoms with Crippen LogP contribution >= 0.6 is 24.0 Å². The third kappa shape index (κ3) is 4.84. The Morgan fingerprint density at radius 1 is 1.27 bits per heavy atom. The number of nitrogens with zero attached hydrogens (tertiary/aromatic N) is 2. The Bertz CT molecular complexity index is 1040. The molecule has 0 unspecified atom stereocenters. The Morgan fingerprint density at radius 2 is 1.97 bits per heavy atom. The molecule has 0 spiro atoms. The highest BCUT2D eigenvalue weighted by Crippen LogP contribution is 2.32. The number of para-hydroxylation sites is 1. The van der Waals surface area contributed by atoms with Crippen LogP contribution in [0.4, 0.5) is 11.4 Å². The number of amides is 1. The van der Waals surface area contributed by atoms with Gasteiger partial charge in [0.1, 0.15) is 4.32 Å². The summed E-state index contributed by atoms with van der Waals surface area (Å²) in [5, 5.41) is 13.8. The molecule has 0 radical (unpaired) electrons. The molecule has 0 saturated carbocycles. The first-order chi connectivity index (χ1) is 14.4. The average molecular weight is 444 g/mol. The number of thioether (sulfide) groups is 1. The first kappa shape index (κ1) is 21.5. The molecule has 0 atom stereocenters. The van der Waals surface area contributed by atoms with Crippen LogP contribution < -0.4 is 5.32 Å². The van der Waals surface area contributed by atoms with Gasteiger partial charge in [-0.25, -0.2) is 4.79 Å². The van der Waals surface area contributed by atoms with Crippen molar-refractivity contribution in [3.05, 3.63) is 74.7 Å². The number of ether oxygens (including phenoxy) is 1. The quantitative estimate of drug-likeness (QED) is 0.225. The van der Waals surface area contributed by atoms with Gasteiger partial charge < -0.3 is 10.1 Å². The maximum atomic E-state index is 12.7. The Kier molecular flexibility index (Phi) is 6.80. The summed E-state index contributed by atoms with van der Waals surface area (Å²) in [4.78, 5) is 36.9. The first-order valence-corrected chi connectivity index (χ1v) is 10.1. The minimum absolute atomic E-state index is 0.0239. The van der Waals surface area contributed by atoms with E-state index in [0.717, 1.165) is 11.8 Å². The normalized spacial score (nSPS) is 14.8. The molecule has 1 heterocycles. The number of hydrogen-bond donors (Lipinski definition) is 1. The lowest BCUT2D eigenvalue weighted by atomic mass is 10.2. The molecule has 1 fully saturated rings. The van der Waals surface area contributed by atoms with E-state index in [-0.39, 0.29) is 24.9 Å². The number of carbonyl (C=O) groups is 2. The molecular formula is C20H17N3O5S2. The molecular weight excluding hydrogens is 426 g/mol. The summed E-state index contributed by atoms with van der Waals surface area (Å²) in [7, 11) is 0. The van der Waals surface area contributed by atoms with Crippen LogP contribution in [0.5, 0.6) is 0 Å². The maximum absolute atomic E-state index is 12.7. The standard InChI is InChI=1S/C20H17N3O5S2/c1-2-28-19(25)15-5-3-4-6-16(15)21-12-22-18(24)17(30-20(22)29)11-13-7-9-14(10-8-13)23(26)27/h3-11,21H,2,12H2,1H3/b17-11-. The van der Waals surface area contributed by atoms with Gasteiger partial charge in [0.25, 0.3) is 11.6 Å². The van der Waals surface area contributed by atoms with Crippen molar-refractivity contribution in [3.8, 4) is 0 Å². The van der Waals surface area contributed by atoms with Gasteiger partial charge in [-0.05, 0) is 42.8 Å². The lowest BCUT2D eigenvalue weighted by Gasteiger charge is -2.17. The second-order valence-electron chi connectivity index (χ2n) is 6.06. The van der Waals surface area contributed by atoms with Crippen LogP contribution in [0, 0.1) is 10.1 Å². The predicted molar refractivity (Wildman–Crippen MR) is 119 cm³/mol. The lowest BCUT2D eigenvalue weighted by molar-refractivity contribution is -0.384. The molecule has 8 nitrogen and oxygen atoms in total. The minimum atomic E-state index is -0.483. The maximum Gasteiger partial charge on any atom is 0.340 e. The molecule has 10 heteroatoms. The van der Waals surface area contributed by atoms with Crippen LogP contribution in [0.25, 0.3) is 6.08 Å². The number of rotatable bonds is 7. The number of non-ortho nitro benzene ring substituents is 1. The molecule has 2 aromatic rings. The highest BCUT2D eigenvalue weighted by atomic mass is 32.2. The molecule has 3 rings (SSSR count). The van der Waals surface area contributed by atoms with Crippen molar-refractivity contribution in [2.75, 3.05) is 18.6 Å². The third-order valence-electron chi connectivity index (χ3n) is 4.13. The van der Waals surface area contributed by atoms with Crippen molar-refractivity contribution in [2.45, 2.75) is 6.92 Å². The highest BCUT2D eigenvalue weighted by molar-refractivity contribution is 8.26. The zero-order valence-corrected chi connectivity index (χ0v) is 17.5.